The number of furan rings is 1. The smallest absolute Gasteiger partial charge is 0.224 e. The van der Waals surface area contributed by atoms with E-state index >= 15 is 0 Å². The van der Waals surface area contributed by atoms with Gasteiger partial charge in [-0.2, -0.15) is 4.98 Å². The van der Waals surface area contributed by atoms with Gasteiger partial charge in [-0.1, -0.05) is 6.92 Å². The third-order valence-corrected chi connectivity index (χ3v) is 2.64. The SMILES string of the molecule is CCCNc1nc(C)cc(NCCc2ccco2)n1. The molecular weight excluding hydrogens is 240 g/mol. The molecule has 0 unspecified atom stereocenters. The number of hydrogen-bond acceptors (Lipinski definition) is 5. The summed E-state index contributed by atoms with van der Waals surface area (Å²) >= 11 is 0. The minimum absolute atomic E-state index is 0.683. The molecule has 5 heteroatoms. The van der Waals surface area contributed by atoms with Crippen LogP contribution in [0.4, 0.5) is 11.8 Å². The number of nitrogens with zero attached hydrogens (tertiary/aromatic N) is 2. The van der Waals surface area contributed by atoms with Crippen LogP contribution in [-0.4, -0.2) is 23.1 Å². The molecular formula is C14H20N4O. The van der Waals surface area contributed by atoms with E-state index in [1.54, 1.807) is 6.26 Å². The van der Waals surface area contributed by atoms with E-state index in [0.717, 1.165) is 43.2 Å². The second-order valence-electron chi connectivity index (χ2n) is 4.40. The third-order valence-electron chi connectivity index (χ3n) is 2.64. The van der Waals surface area contributed by atoms with Gasteiger partial charge < -0.3 is 15.1 Å². The molecule has 0 radical (unpaired) electrons. The fourth-order valence-electron chi connectivity index (χ4n) is 1.74. The summed E-state index contributed by atoms with van der Waals surface area (Å²) in [6.07, 6.45) is 3.59. The van der Waals surface area contributed by atoms with Crippen LogP contribution in [0.1, 0.15) is 24.8 Å². The van der Waals surface area contributed by atoms with Gasteiger partial charge in [0.05, 0.1) is 6.26 Å². The monoisotopic (exact) mass is 260 g/mol. The number of hydrogen-bond donors (Lipinski definition) is 2. The Morgan fingerprint density at radius 3 is 2.84 bits per heavy atom. The first-order valence-electron chi connectivity index (χ1n) is 6.63. The van der Waals surface area contributed by atoms with Crippen molar-refractivity contribution in [3.8, 4) is 0 Å². The predicted octanol–water partition coefficient (Wildman–Crippen LogP) is 2.85. The molecule has 2 aromatic heterocycles. The van der Waals surface area contributed by atoms with Crippen LogP contribution >= 0.6 is 0 Å². The van der Waals surface area contributed by atoms with Crippen molar-refractivity contribution in [1.82, 2.24) is 9.97 Å². The van der Waals surface area contributed by atoms with E-state index in [4.69, 9.17) is 4.42 Å². The van der Waals surface area contributed by atoms with Crippen LogP contribution in [0.25, 0.3) is 0 Å². The van der Waals surface area contributed by atoms with Gasteiger partial charge in [-0.05, 0) is 25.5 Å². The molecule has 102 valence electrons. The number of aromatic nitrogens is 2. The number of nitrogens with one attached hydrogen (secondary N) is 2. The Balaban J connectivity index is 1.90. The largest absolute Gasteiger partial charge is 0.469 e. The summed E-state index contributed by atoms with van der Waals surface area (Å²) in [5, 5.41) is 6.49. The maximum absolute atomic E-state index is 5.29. The molecule has 0 aliphatic heterocycles. The zero-order chi connectivity index (χ0) is 13.5. The molecule has 19 heavy (non-hydrogen) atoms. The lowest BCUT2D eigenvalue weighted by atomic mass is 10.3. The van der Waals surface area contributed by atoms with E-state index in [0.29, 0.717) is 5.95 Å². The van der Waals surface area contributed by atoms with Crippen molar-refractivity contribution in [2.24, 2.45) is 0 Å². The zero-order valence-electron chi connectivity index (χ0n) is 11.4. The van der Waals surface area contributed by atoms with Gasteiger partial charge in [-0.25, -0.2) is 4.98 Å². The topological polar surface area (TPSA) is 63.0 Å². The van der Waals surface area contributed by atoms with Gasteiger partial charge in [0.25, 0.3) is 0 Å². The molecule has 2 aromatic rings. The lowest BCUT2D eigenvalue weighted by Gasteiger charge is -2.08. The fourth-order valence-corrected chi connectivity index (χ4v) is 1.74. The number of rotatable bonds is 7. The molecule has 2 rings (SSSR count). The minimum atomic E-state index is 0.683. The van der Waals surface area contributed by atoms with E-state index < -0.39 is 0 Å². The predicted molar refractivity (Wildman–Crippen MR) is 76.5 cm³/mol. The molecule has 0 saturated heterocycles. The third kappa shape index (κ3) is 4.28. The Bertz CT molecular complexity index is 496. The first kappa shape index (κ1) is 13.4. The highest BCUT2D eigenvalue weighted by Gasteiger charge is 2.02. The van der Waals surface area contributed by atoms with Crippen molar-refractivity contribution in [1.29, 1.82) is 0 Å². The number of aryl methyl sites for hydroxylation is 1. The van der Waals surface area contributed by atoms with Crippen molar-refractivity contribution in [3.63, 3.8) is 0 Å². The van der Waals surface area contributed by atoms with Gasteiger partial charge in [-0.3, -0.25) is 0 Å². The Kier molecular flexibility index (Phi) is 4.78. The van der Waals surface area contributed by atoms with Gasteiger partial charge in [0.15, 0.2) is 0 Å². The van der Waals surface area contributed by atoms with Crippen molar-refractivity contribution in [2.75, 3.05) is 23.7 Å². The Morgan fingerprint density at radius 2 is 2.11 bits per heavy atom. The van der Waals surface area contributed by atoms with Gasteiger partial charge in [0, 0.05) is 31.3 Å². The highest BCUT2D eigenvalue weighted by molar-refractivity contribution is 5.42. The quantitative estimate of drug-likeness (QED) is 0.801. The van der Waals surface area contributed by atoms with E-state index in [-0.39, 0.29) is 0 Å². The Hall–Kier alpha value is -2.04. The first-order chi connectivity index (χ1) is 9.28. The van der Waals surface area contributed by atoms with Crippen molar-refractivity contribution >= 4 is 11.8 Å². The van der Waals surface area contributed by atoms with Gasteiger partial charge in [0.1, 0.15) is 11.6 Å². The summed E-state index contributed by atoms with van der Waals surface area (Å²) in [6.45, 7) is 5.76. The molecule has 5 nitrogen and oxygen atoms in total. The molecule has 0 fully saturated rings. The second-order valence-corrected chi connectivity index (χ2v) is 4.40. The summed E-state index contributed by atoms with van der Waals surface area (Å²) in [6, 6.07) is 5.82. The maximum Gasteiger partial charge on any atom is 0.224 e. The highest BCUT2D eigenvalue weighted by Crippen LogP contribution is 2.10. The normalized spacial score (nSPS) is 10.4. The van der Waals surface area contributed by atoms with Crippen LogP contribution < -0.4 is 10.6 Å². The van der Waals surface area contributed by atoms with E-state index in [2.05, 4.69) is 27.5 Å². The van der Waals surface area contributed by atoms with Crippen LogP contribution in [0.15, 0.2) is 28.9 Å². The fraction of sp³-hybridized carbons (Fsp3) is 0.429. The lowest BCUT2D eigenvalue weighted by molar-refractivity contribution is 0.513. The van der Waals surface area contributed by atoms with Gasteiger partial charge in [-0.15, -0.1) is 0 Å². The van der Waals surface area contributed by atoms with E-state index in [1.807, 2.05) is 25.1 Å². The van der Waals surface area contributed by atoms with Gasteiger partial charge in [0.2, 0.25) is 5.95 Å². The molecule has 2 N–H and O–H groups in total. The summed E-state index contributed by atoms with van der Waals surface area (Å²) in [5.41, 5.74) is 0.953. The molecule has 0 amide bonds. The average molecular weight is 260 g/mol. The zero-order valence-corrected chi connectivity index (χ0v) is 11.4. The van der Waals surface area contributed by atoms with Crippen molar-refractivity contribution in [2.45, 2.75) is 26.7 Å². The summed E-state index contributed by atoms with van der Waals surface area (Å²) in [4.78, 5) is 8.77. The summed E-state index contributed by atoms with van der Waals surface area (Å²) in [7, 11) is 0. The Labute approximate surface area is 113 Å². The standard InChI is InChI=1S/C14H20N4O/c1-3-7-16-14-17-11(2)10-13(18-14)15-8-6-12-5-4-9-19-12/h4-5,9-10H,3,6-8H2,1-2H3,(H2,15,16,17,18). The number of anilines is 2. The summed E-state index contributed by atoms with van der Waals surface area (Å²) < 4.78 is 5.29. The maximum atomic E-state index is 5.29. The van der Waals surface area contributed by atoms with Gasteiger partial charge >= 0.3 is 0 Å². The molecule has 0 saturated carbocycles. The molecule has 0 atom stereocenters. The van der Waals surface area contributed by atoms with Crippen LogP contribution in [0.3, 0.4) is 0 Å². The molecule has 0 aliphatic rings. The van der Waals surface area contributed by atoms with Crippen LogP contribution in [-0.2, 0) is 6.42 Å². The van der Waals surface area contributed by atoms with Crippen molar-refractivity contribution < 1.29 is 4.42 Å². The average Bonchev–Trinajstić information content (AvgIpc) is 2.89. The summed E-state index contributed by atoms with van der Waals surface area (Å²) in [5.74, 6) is 2.50. The van der Waals surface area contributed by atoms with E-state index in [9.17, 15) is 0 Å². The van der Waals surface area contributed by atoms with Crippen LogP contribution in [0.5, 0.6) is 0 Å². The molecule has 0 bridgehead atoms. The molecule has 0 aromatic carbocycles. The highest BCUT2D eigenvalue weighted by atomic mass is 16.3. The molecule has 2 heterocycles. The van der Waals surface area contributed by atoms with E-state index in [1.165, 1.54) is 0 Å². The molecule has 0 spiro atoms. The second kappa shape index (κ2) is 6.78. The lowest BCUT2D eigenvalue weighted by Crippen LogP contribution is -2.10. The van der Waals surface area contributed by atoms with Crippen LogP contribution in [0.2, 0.25) is 0 Å². The minimum Gasteiger partial charge on any atom is -0.469 e. The van der Waals surface area contributed by atoms with Crippen LogP contribution in [0, 0.1) is 6.92 Å². The van der Waals surface area contributed by atoms with Crippen molar-refractivity contribution in [3.05, 3.63) is 35.9 Å². The first-order valence-corrected chi connectivity index (χ1v) is 6.63. The molecule has 0 aliphatic carbocycles. The Morgan fingerprint density at radius 1 is 1.21 bits per heavy atom.